The molecule has 0 fully saturated rings. The molecule has 0 saturated heterocycles. The van der Waals surface area contributed by atoms with E-state index in [9.17, 15) is 0 Å². The number of hydrogen-bond acceptors (Lipinski definition) is 4. The first-order chi connectivity index (χ1) is 7.72. The number of pyridine rings is 1. The molecule has 5 heteroatoms. The maximum Gasteiger partial charge on any atom is 0.240 e. The van der Waals surface area contributed by atoms with Crippen molar-refractivity contribution in [2.75, 3.05) is 0 Å². The van der Waals surface area contributed by atoms with E-state index in [1.165, 1.54) is 0 Å². The zero-order valence-corrected chi connectivity index (χ0v) is 10.7. The number of halogens is 1. The van der Waals surface area contributed by atoms with Gasteiger partial charge in [0.25, 0.3) is 0 Å². The van der Waals surface area contributed by atoms with Crippen LogP contribution in [0.25, 0.3) is 11.4 Å². The molecule has 0 aromatic carbocycles. The number of alkyl halides is 1. The predicted octanol–water partition coefficient (Wildman–Crippen LogP) is 3.29. The Kier molecular flexibility index (Phi) is 3.33. The van der Waals surface area contributed by atoms with Gasteiger partial charge >= 0.3 is 0 Å². The quantitative estimate of drug-likeness (QED) is 0.810. The minimum atomic E-state index is 0.121. The van der Waals surface area contributed by atoms with Gasteiger partial charge in [-0.3, -0.25) is 4.98 Å². The number of nitrogens with zero attached hydrogens (tertiary/aromatic N) is 3. The zero-order valence-electron chi connectivity index (χ0n) is 9.14. The van der Waals surface area contributed by atoms with Gasteiger partial charge in [0.15, 0.2) is 0 Å². The van der Waals surface area contributed by atoms with Crippen molar-refractivity contribution >= 4 is 15.9 Å². The van der Waals surface area contributed by atoms with Crippen molar-refractivity contribution in [3.63, 3.8) is 0 Å². The molecule has 0 aliphatic rings. The van der Waals surface area contributed by atoms with Crippen LogP contribution in [0.15, 0.2) is 23.0 Å². The third-order valence-corrected chi connectivity index (χ3v) is 3.37. The van der Waals surface area contributed by atoms with Crippen LogP contribution in [-0.4, -0.2) is 15.1 Å². The second-order valence-corrected chi connectivity index (χ2v) is 4.63. The number of aromatic nitrogens is 3. The van der Waals surface area contributed by atoms with Crippen LogP contribution in [0.2, 0.25) is 0 Å². The standard InChI is InChI=1S/C11H12BrN3O/c1-3-9(12)11-14-10(15-16-11)8-4-5-13-6-7(8)2/h4-6,9H,3H2,1-2H3. The summed E-state index contributed by atoms with van der Waals surface area (Å²) in [6.45, 7) is 4.03. The molecule has 2 heterocycles. The maximum absolute atomic E-state index is 5.20. The molecule has 4 nitrogen and oxygen atoms in total. The molecule has 1 unspecified atom stereocenters. The van der Waals surface area contributed by atoms with E-state index in [4.69, 9.17) is 4.52 Å². The number of aryl methyl sites for hydroxylation is 1. The Labute approximate surface area is 102 Å². The van der Waals surface area contributed by atoms with Gasteiger partial charge in [-0.2, -0.15) is 4.98 Å². The van der Waals surface area contributed by atoms with Gasteiger partial charge in [-0.25, -0.2) is 0 Å². The lowest BCUT2D eigenvalue weighted by molar-refractivity contribution is 0.377. The van der Waals surface area contributed by atoms with Crippen molar-refractivity contribution in [3.05, 3.63) is 29.9 Å². The van der Waals surface area contributed by atoms with E-state index >= 15 is 0 Å². The molecule has 84 valence electrons. The van der Waals surface area contributed by atoms with E-state index in [2.05, 4.69) is 38.0 Å². The van der Waals surface area contributed by atoms with E-state index < -0.39 is 0 Å². The molecule has 0 saturated carbocycles. The van der Waals surface area contributed by atoms with Gasteiger partial charge in [0.1, 0.15) is 0 Å². The monoisotopic (exact) mass is 281 g/mol. The van der Waals surface area contributed by atoms with Gasteiger partial charge in [-0.1, -0.05) is 28.0 Å². The molecule has 0 aliphatic heterocycles. The third kappa shape index (κ3) is 2.14. The molecule has 0 spiro atoms. The van der Waals surface area contributed by atoms with E-state index in [-0.39, 0.29) is 4.83 Å². The normalized spacial score (nSPS) is 12.7. The van der Waals surface area contributed by atoms with Crippen molar-refractivity contribution in [1.29, 1.82) is 0 Å². The average Bonchev–Trinajstić information content (AvgIpc) is 2.78. The van der Waals surface area contributed by atoms with Crippen LogP contribution in [0, 0.1) is 6.92 Å². The smallest absolute Gasteiger partial charge is 0.240 e. The molecule has 16 heavy (non-hydrogen) atoms. The van der Waals surface area contributed by atoms with Crippen LogP contribution in [0.4, 0.5) is 0 Å². The van der Waals surface area contributed by atoms with Crippen LogP contribution in [0.3, 0.4) is 0 Å². The molecule has 2 rings (SSSR count). The Morgan fingerprint density at radius 2 is 2.31 bits per heavy atom. The van der Waals surface area contributed by atoms with Crippen LogP contribution in [0.1, 0.15) is 29.6 Å². The first kappa shape index (κ1) is 11.3. The summed E-state index contributed by atoms with van der Waals surface area (Å²) in [7, 11) is 0. The van der Waals surface area contributed by atoms with Gasteiger partial charge in [-0.15, -0.1) is 0 Å². The van der Waals surface area contributed by atoms with Gasteiger partial charge in [0, 0.05) is 18.0 Å². The fraction of sp³-hybridized carbons (Fsp3) is 0.364. The molecule has 0 aliphatic carbocycles. The topological polar surface area (TPSA) is 51.8 Å². The summed E-state index contributed by atoms with van der Waals surface area (Å²) in [4.78, 5) is 8.51. The Morgan fingerprint density at radius 1 is 1.50 bits per heavy atom. The fourth-order valence-corrected chi connectivity index (χ4v) is 1.56. The Hall–Kier alpha value is -1.23. The van der Waals surface area contributed by atoms with E-state index in [1.54, 1.807) is 12.4 Å². The minimum Gasteiger partial charge on any atom is -0.338 e. The van der Waals surface area contributed by atoms with E-state index in [1.807, 2.05) is 13.0 Å². The fourth-order valence-electron chi connectivity index (χ4n) is 1.37. The number of hydrogen-bond donors (Lipinski definition) is 0. The lowest BCUT2D eigenvalue weighted by Gasteiger charge is -1.98. The first-order valence-electron chi connectivity index (χ1n) is 5.11. The highest BCUT2D eigenvalue weighted by atomic mass is 79.9. The average molecular weight is 282 g/mol. The molecule has 2 aromatic rings. The van der Waals surface area contributed by atoms with Crippen molar-refractivity contribution in [3.8, 4) is 11.4 Å². The minimum absolute atomic E-state index is 0.121. The zero-order chi connectivity index (χ0) is 11.5. The molecule has 0 N–H and O–H groups in total. The van der Waals surface area contributed by atoms with Crippen LogP contribution in [-0.2, 0) is 0 Å². The highest BCUT2D eigenvalue weighted by Crippen LogP contribution is 2.27. The first-order valence-corrected chi connectivity index (χ1v) is 6.02. The summed E-state index contributed by atoms with van der Waals surface area (Å²) in [6.07, 6.45) is 4.43. The molecule has 0 bridgehead atoms. The summed E-state index contributed by atoms with van der Waals surface area (Å²) in [5, 5.41) is 3.97. The highest BCUT2D eigenvalue weighted by molar-refractivity contribution is 9.09. The van der Waals surface area contributed by atoms with Gasteiger partial charge in [0.05, 0.1) is 4.83 Å². The Morgan fingerprint density at radius 3 is 3.00 bits per heavy atom. The molecule has 2 aromatic heterocycles. The predicted molar refractivity (Wildman–Crippen MR) is 64.2 cm³/mol. The van der Waals surface area contributed by atoms with E-state index in [0.29, 0.717) is 11.7 Å². The number of rotatable bonds is 3. The summed E-state index contributed by atoms with van der Waals surface area (Å²) in [6, 6.07) is 1.89. The van der Waals surface area contributed by atoms with Crippen molar-refractivity contribution < 1.29 is 4.52 Å². The molecule has 1 atom stereocenters. The second kappa shape index (κ2) is 4.74. The molecule has 0 amide bonds. The lowest BCUT2D eigenvalue weighted by Crippen LogP contribution is -1.89. The molecular weight excluding hydrogens is 270 g/mol. The summed E-state index contributed by atoms with van der Waals surface area (Å²) in [5.41, 5.74) is 2.00. The summed E-state index contributed by atoms with van der Waals surface area (Å²) in [5.74, 6) is 1.24. The Balaban J connectivity index is 2.35. The van der Waals surface area contributed by atoms with Crippen LogP contribution >= 0.6 is 15.9 Å². The molecule has 0 radical (unpaired) electrons. The van der Waals surface area contributed by atoms with Crippen LogP contribution < -0.4 is 0 Å². The lowest BCUT2D eigenvalue weighted by atomic mass is 10.1. The van der Waals surface area contributed by atoms with Gasteiger partial charge < -0.3 is 4.52 Å². The second-order valence-electron chi connectivity index (χ2n) is 3.52. The van der Waals surface area contributed by atoms with Gasteiger partial charge in [-0.05, 0) is 25.0 Å². The molecular formula is C11H12BrN3O. The van der Waals surface area contributed by atoms with Crippen molar-refractivity contribution in [2.24, 2.45) is 0 Å². The van der Waals surface area contributed by atoms with Crippen LogP contribution in [0.5, 0.6) is 0 Å². The SMILES string of the molecule is CCC(Br)c1nc(-c2ccncc2C)no1. The third-order valence-electron chi connectivity index (χ3n) is 2.33. The maximum atomic E-state index is 5.20. The summed E-state index contributed by atoms with van der Waals surface area (Å²) >= 11 is 3.48. The van der Waals surface area contributed by atoms with Crippen molar-refractivity contribution in [1.82, 2.24) is 15.1 Å². The van der Waals surface area contributed by atoms with Crippen molar-refractivity contribution in [2.45, 2.75) is 25.1 Å². The summed E-state index contributed by atoms with van der Waals surface area (Å²) < 4.78 is 5.20. The van der Waals surface area contributed by atoms with Gasteiger partial charge in [0.2, 0.25) is 11.7 Å². The Bertz CT molecular complexity index is 484. The highest BCUT2D eigenvalue weighted by Gasteiger charge is 2.15. The van der Waals surface area contributed by atoms with E-state index in [0.717, 1.165) is 17.5 Å². The largest absolute Gasteiger partial charge is 0.338 e.